The number of fused-ring (bicyclic) bond motifs is 1. The Balaban J connectivity index is 1.90. The minimum Gasteiger partial charge on any atom is -0.388 e. The van der Waals surface area contributed by atoms with Gasteiger partial charge in [-0.25, -0.2) is 0 Å². The lowest BCUT2D eigenvalue weighted by Crippen LogP contribution is -2.00. The van der Waals surface area contributed by atoms with Crippen molar-refractivity contribution in [2.24, 2.45) is 0 Å². The van der Waals surface area contributed by atoms with Gasteiger partial charge in [0.2, 0.25) is 0 Å². The molecule has 0 aliphatic rings. The van der Waals surface area contributed by atoms with Gasteiger partial charge in [-0.3, -0.25) is 0 Å². The summed E-state index contributed by atoms with van der Waals surface area (Å²) in [5.41, 5.74) is 0.958. The van der Waals surface area contributed by atoms with Gasteiger partial charge in [-0.05, 0) is 61.9 Å². The van der Waals surface area contributed by atoms with Crippen LogP contribution in [0.15, 0.2) is 56.8 Å². The van der Waals surface area contributed by atoms with Crippen LogP contribution in [0.1, 0.15) is 16.5 Å². The van der Waals surface area contributed by atoms with Gasteiger partial charge in [-0.15, -0.1) is 11.3 Å². The first-order valence-electron chi connectivity index (χ1n) is 6.22. The lowest BCUT2D eigenvalue weighted by molar-refractivity contribution is 0.179. The molecule has 2 aromatic carbocycles. The minimum absolute atomic E-state index is 0.474. The lowest BCUT2D eigenvalue weighted by atomic mass is 10.0. The molecule has 20 heavy (non-hydrogen) atoms. The van der Waals surface area contributed by atoms with Gasteiger partial charge in [0.1, 0.15) is 0 Å². The van der Waals surface area contributed by atoms with E-state index in [4.69, 9.17) is 0 Å². The highest BCUT2D eigenvalue weighted by atomic mass is 79.9. The van der Waals surface area contributed by atoms with Crippen LogP contribution in [-0.4, -0.2) is 5.11 Å². The Bertz CT molecular complexity index is 751. The summed E-state index contributed by atoms with van der Waals surface area (Å²) in [6, 6.07) is 14.3. The molecule has 1 aromatic heterocycles. The van der Waals surface area contributed by atoms with E-state index in [1.165, 1.54) is 10.3 Å². The number of hydrogen-bond acceptors (Lipinski definition) is 2. The van der Waals surface area contributed by atoms with Crippen LogP contribution in [-0.2, 0) is 6.42 Å². The summed E-state index contributed by atoms with van der Waals surface area (Å²) in [6.45, 7) is 0. The van der Waals surface area contributed by atoms with Crippen molar-refractivity contribution in [3.05, 3.63) is 67.2 Å². The van der Waals surface area contributed by atoms with Gasteiger partial charge in [0.15, 0.2) is 0 Å². The standard InChI is InChI=1S/C16H12Br2OS/c17-13-4-3-10-7-12(2-1-11(10)8-13)15(19)9-16-14(18)5-6-20-16/h1-8,15,19H,9H2. The van der Waals surface area contributed by atoms with E-state index in [1.54, 1.807) is 11.3 Å². The van der Waals surface area contributed by atoms with E-state index in [-0.39, 0.29) is 0 Å². The van der Waals surface area contributed by atoms with Crippen LogP contribution in [0.2, 0.25) is 0 Å². The maximum atomic E-state index is 10.4. The maximum absolute atomic E-state index is 10.4. The van der Waals surface area contributed by atoms with Crippen molar-refractivity contribution in [3.63, 3.8) is 0 Å². The van der Waals surface area contributed by atoms with Crippen LogP contribution < -0.4 is 0 Å². The third kappa shape index (κ3) is 2.98. The second-order valence-corrected chi connectivity index (χ2v) is 7.43. The van der Waals surface area contributed by atoms with E-state index in [0.717, 1.165) is 19.9 Å². The Morgan fingerprint density at radius 3 is 2.50 bits per heavy atom. The highest BCUT2D eigenvalue weighted by Crippen LogP contribution is 2.30. The summed E-state index contributed by atoms with van der Waals surface area (Å²) in [6.07, 6.45) is 0.165. The molecule has 4 heteroatoms. The Kier molecular flexibility index (Phi) is 4.26. The average molecular weight is 412 g/mol. The van der Waals surface area contributed by atoms with Gasteiger partial charge in [0, 0.05) is 20.2 Å². The zero-order valence-corrected chi connectivity index (χ0v) is 14.5. The first-order chi connectivity index (χ1) is 9.63. The lowest BCUT2D eigenvalue weighted by Gasteiger charge is -2.11. The molecule has 1 heterocycles. The molecule has 0 saturated heterocycles. The molecular formula is C16H12Br2OS. The first kappa shape index (κ1) is 14.3. The molecule has 0 bridgehead atoms. The molecule has 1 N–H and O–H groups in total. The van der Waals surface area contributed by atoms with Gasteiger partial charge >= 0.3 is 0 Å². The van der Waals surface area contributed by atoms with Crippen LogP contribution in [0.5, 0.6) is 0 Å². The third-order valence-electron chi connectivity index (χ3n) is 3.28. The van der Waals surface area contributed by atoms with E-state index in [2.05, 4.69) is 56.1 Å². The molecule has 0 radical (unpaired) electrons. The second kappa shape index (κ2) is 5.98. The number of thiophene rings is 1. The number of aliphatic hydroxyl groups is 1. The van der Waals surface area contributed by atoms with Crippen LogP contribution in [0.3, 0.4) is 0 Å². The molecule has 1 atom stereocenters. The van der Waals surface area contributed by atoms with E-state index in [9.17, 15) is 5.11 Å². The van der Waals surface area contributed by atoms with Crippen molar-refractivity contribution >= 4 is 54.0 Å². The molecular weight excluding hydrogens is 400 g/mol. The summed E-state index contributed by atoms with van der Waals surface area (Å²) in [5.74, 6) is 0. The summed E-state index contributed by atoms with van der Waals surface area (Å²) in [5, 5.41) is 14.8. The summed E-state index contributed by atoms with van der Waals surface area (Å²) in [4.78, 5) is 1.17. The van der Waals surface area contributed by atoms with Crippen molar-refractivity contribution < 1.29 is 5.11 Å². The quantitative estimate of drug-likeness (QED) is 0.585. The zero-order chi connectivity index (χ0) is 14.1. The predicted octanol–water partition coefficient (Wildman–Crippen LogP) is 5.70. The number of aliphatic hydroxyl groups excluding tert-OH is 1. The highest BCUT2D eigenvalue weighted by Gasteiger charge is 2.12. The largest absolute Gasteiger partial charge is 0.388 e. The number of benzene rings is 2. The predicted molar refractivity (Wildman–Crippen MR) is 92.3 cm³/mol. The minimum atomic E-state index is -0.474. The van der Waals surface area contributed by atoms with Crippen LogP contribution in [0.25, 0.3) is 10.8 Å². The van der Waals surface area contributed by atoms with Gasteiger partial charge in [-0.2, -0.15) is 0 Å². The van der Waals surface area contributed by atoms with Crippen molar-refractivity contribution in [3.8, 4) is 0 Å². The van der Waals surface area contributed by atoms with Crippen molar-refractivity contribution in [2.75, 3.05) is 0 Å². The first-order valence-corrected chi connectivity index (χ1v) is 8.69. The van der Waals surface area contributed by atoms with Crippen LogP contribution >= 0.6 is 43.2 Å². The Hall–Kier alpha value is -0.680. The average Bonchev–Trinajstić information content (AvgIpc) is 2.83. The number of hydrogen-bond donors (Lipinski definition) is 1. The summed E-state index contributed by atoms with van der Waals surface area (Å²) in [7, 11) is 0. The number of halogens is 2. The fourth-order valence-electron chi connectivity index (χ4n) is 2.21. The highest BCUT2D eigenvalue weighted by molar-refractivity contribution is 9.10. The van der Waals surface area contributed by atoms with Crippen molar-refractivity contribution in [1.82, 2.24) is 0 Å². The second-order valence-electron chi connectivity index (χ2n) is 4.66. The van der Waals surface area contributed by atoms with E-state index in [0.29, 0.717) is 6.42 Å². The zero-order valence-electron chi connectivity index (χ0n) is 10.5. The van der Waals surface area contributed by atoms with Crippen LogP contribution in [0.4, 0.5) is 0 Å². The smallest absolute Gasteiger partial charge is 0.0838 e. The molecule has 102 valence electrons. The van der Waals surface area contributed by atoms with Gasteiger partial charge in [0.05, 0.1) is 6.10 Å². The van der Waals surface area contributed by atoms with Crippen molar-refractivity contribution in [2.45, 2.75) is 12.5 Å². The van der Waals surface area contributed by atoms with E-state index < -0.39 is 6.10 Å². The fourth-order valence-corrected chi connectivity index (χ4v) is 4.14. The molecule has 0 saturated carbocycles. The summed E-state index contributed by atoms with van der Waals surface area (Å²) < 4.78 is 2.15. The van der Waals surface area contributed by atoms with E-state index in [1.807, 2.05) is 23.6 Å². The van der Waals surface area contributed by atoms with Gasteiger partial charge in [-0.1, -0.05) is 34.1 Å². The molecule has 0 spiro atoms. The Labute approximate surface area is 138 Å². The van der Waals surface area contributed by atoms with Crippen LogP contribution in [0, 0.1) is 0 Å². The topological polar surface area (TPSA) is 20.2 Å². The molecule has 0 aliphatic carbocycles. The van der Waals surface area contributed by atoms with E-state index >= 15 is 0 Å². The molecule has 0 aliphatic heterocycles. The molecule has 0 fully saturated rings. The molecule has 1 nitrogen and oxygen atoms in total. The third-order valence-corrected chi connectivity index (χ3v) is 5.72. The molecule has 0 amide bonds. The number of rotatable bonds is 3. The van der Waals surface area contributed by atoms with Gasteiger partial charge in [0.25, 0.3) is 0 Å². The maximum Gasteiger partial charge on any atom is 0.0838 e. The monoisotopic (exact) mass is 410 g/mol. The Morgan fingerprint density at radius 1 is 1.00 bits per heavy atom. The molecule has 3 rings (SSSR count). The fraction of sp³-hybridized carbons (Fsp3) is 0.125. The normalized spacial score (nSPS) is 12.8. The van der Waals surface area contributed by atoms with Crippen molar-refractivity contribution in [1.29, 1.82) is 0 Å². The molecule has 1 unspecified atom stereocenters. The SMILES string of the molecule is OC(Cc1sccc1Br)c1ccc2cc(Br)ccc2c1. The summed E-state index contributed by atoms with van der Waals surface area (Å²) >= 11 is 8.65. The van der Waals surface area contributed by atoms with Gasteiger partial charge < -0.3 is 5.11 Å². The Morgan fingerprint density at radius 2 is 1.75 bits per heavy atom. The molecule has 3 aromatic rings.